The van der Waals surface area contributed by atoms with Crippen LogP contribution in [-0.4, -0.2) is 39.5 Å². The van der Waals surface area contributed by atoms with Gasteiger partial charge in [0.25, 0.3) is 0 Å². The van der Waals surface area contributed by atoms with Crippen LogP contribution >= 0.6 is 0 Å². The van der Waals surface area contributed by atoms with Crippen molar-refractivity contribution in [1.29, 1.82) is 0 Å². The lowest BCUT2D eigenvalue weighted by Crippen LogP contribution is -2.39. The zero-order valence-corrected chi connectivity index (χ0v) is 16.8. The van der Waals surface area contributed by atoms with Gasteiger partial charge in [-0.25, -0.2) is 8.42 Å². The molecule has 0 fully saturated rings. The molecular weight excluding hydrogens is 362 g/mol. The summed E-state index contributed by atoms with van der Waals surface area (Å²) in [5, 5.41) is 6.23. The second kappa shape index (κ2) is 9.97. The maximum absolute atomic E-state index is 11.6. The molecule has 0 aromatic heterocycles. The Kier molecular flexibility index (Phi) is 7.67. The number of benzene rings is 2. The number of aryl methyl sites for hydroxylation is 1. The average molecular weight is 390 g/mol. The number of sulfone groups is 1. The summed E-state index contributed by atoms with van der Waals surface area (Å²) >= 11 is 0. The third-order valence-electron chi connectivity index (χ3n) is 4.01. The highest BCUT2D eigenvalue weighted by Crippen LogP contribution is 2.26. The maximum Gasteiger partial charge on any atom is 0.191 e. The van der Waals surface area contributed by atoms with E-state index in [4.69, 9.17) is 4.74 Å². The molecule has 0 unspecified atom stereocenters. The molecule has 2 aromatic rings. The molecule has 0 saturated heterocycles. The van der Waals surface area contributed by atoms with E-state index in [1.165, 1.54) is 0 Å². The van der Waals surface area contributed by atoms with Crippen molar-refractivity contribution < 1.29 is 13.2 Å². The van der Waals surface area contributed by atoms with Gasteiger partial charge in [-0.2, -0.15) is 0 Å². The molecule has 2 rings (SSSR count). The number of rotatable bonds is 8. The van der Waals surface area contributed by atoms with Crippen molar-refractivity contribution in [1.82, 2.24) is 10.6 Å². The van der Waals surface area contributed by atoms with Crippen LogP contribution in [0.3, 0.4) is 0 Å². The van der Waals surface area contributed by atoms with Gasteiger partial charge in [0, 0.05) is 31.5 Å². The van der Waals surface area contributed by atoms with Gasteiger partial charge in [0.05, 0.1) is 5.75 Å². The zero-order chi connectivity index (χ0) is 19.7. The minimum Gasteiger partial charge on any atom is -0.457 e. The van der Waals surface area contributed by atoms with Gasteiger partial charge in [-0.3, -0.25) is 4.99 Å². The molecule has 6 nitrogen and oxygen atoms in total. The van der Waals surface area contributed by atoms with Gasteiger partial charge in [0.2, 0.25) is 0 Å². The van der Waals surface area contributed by atoms with Crippen LogP contribution in [0.2, 0.25) is 0 Å². The number of hydrogen-bond donors (Lipinski definition) is 2. The van der Waals surface area contributed by atoms with Crippen molar-refractivity contribution in [2.24, 2.45) is 4.99 Å². The molecule has 0 saturated carbocycles. The standard InChI is InChI=1S/C20H27N3O3S/c1-4-27(24,25)13-12-22-20(21-3)23-15-17-11-10-16(2)14-19(17)26-18-8-6-5-7-9-18/h5-11,14H,4,12-13,15H2,1-3H3,(H2,21,22,23). The topological polar surface area (TPSA) is 79.8 Å². The Hall–Kier alpha value is -2.54. The minimum atomic E-state index is -3.00. The molecule has 27 heavy (non-hydrogen) atoms. The number of para-hydroxylation sites is 1. The minimum absolute atomic E-state index is 0.0805. The molecule has 146 valence electrons. The third-order valence-corrected chi connectivity index (χ3v) is 5.71. The first-order chi connectivity index (χ1) is 12.9. The van der Waals surface area contributed by atoms with Crippen LogP contribution in [0.1, 0.15) is 18.1 Å². The summed E-state index contributed by atoms with van der Waals surface area (Å²) in [4.78, 5) is 4.14. The molecule has 2 N–H and O–H groups in total. The van der Waals surface area contributed by atoms with Crippen LogP contribution in [0.4, 0.5) is 0 Å². The number of hydrogen-bond acceptors (Lipinski definition) is 4. The predicted octanol–water partition coefficient (Wildman–Crippen LogP) is 2.89. The van der Waals surface area contributed by atoms with E-state index in [0.29, 0.717) is 19.0 Å². The second-order valence-corrected chi connectivity index (χ2v) is 8.59. The van der Waals surface area contributed by atoms with Crippen LogP contribution in [0.25, 0.3) is 0 Å². The van der Waals surface area contributed by atoms with Crippen molar-refractivity contribution >= 4 is 15.8 Å². The lowest BCUT2D eigenvalue weighted by Gasteiger charge is -2.15. The average Bonchev–Trinajstić information content (AvgIpc) is 2.66. The summed E-state index contributed by atoms with van der Waals surface area (Å²) in [5.41, 5.74) is 2.09. The molecule has 0 aliphatic carbocycles. The Balaban J connectivity index is 1.99. The molecule has 7 heteroatoms. The smallest absolute Gasteiger partial charge is 0.191 e. The Morgan fingerprint density at radius 3 is 2.52 bits per heavy atom. The Morgan fingerprint density at radius 2 is 1.85 bits per heavy atom. The molecule has 0 amide bonds. The maximum atomic E-state index is 11.6. The fourth-order valence-electron chi connectivity index (χ4n) is 2.39. The molecule has 0 atom stereocenters. The van der Waals surface area contributed by atoms with Crippen molar-refractivity contribution in [2.75, 3.05) is 25.1 Å². The summed E-state index contributed by atoms with van der Waals surface area (Å²) in [6, 6.07) is 15.7. The largest absolute Gasteiger partial charge is 0.457 e. The number of ether oxygens (including phenoxy) is 1. The van der Waals surface area contributed by atoms with Crippen LogP contribution in [-0.2, 0) is 16.4 Å². The molecule has 0 radical (unpaired) electrons. The van der Waals surface area contributed by atoms with Gasteiger partial charge in [-0.15, -0.1) is 0 Å². The van der Waals surface area contributed by atoms with Crippen molar-refractivity contribution in [3.05, 3.63) is 59.7 Å². The van der Waals surface area contributed by atoms with E-state index in [2.05, 4.69) is 15.6 Å². The third kappa shape index (κ3) is 6.94. The zero-order valence-electron chi connectivity index (χ0n) is 16.0. The SMILES string of the molecule is CCS(=O)(=O)CCNC(=NC)NCc1ccc(C)cc1Oc1ccccc1. The van der Waals surface area contributed by atoms with Crippen molar-refractivity contribution in [3.8, 4) is 11.5 Å². The molecule has 0 heterocycles. The van der Waals surface area contributed by atoms with Crippen LogP contribution < -0.4 is 15.4 Å². The Bertz CT molecular complexity index is 865. The first kappa shape index (κ1) is 20.8. The van der Waals surface area contributed by atoms with E-state index in [9.17, 15) is 8.42 Å². The predicted molar refractivity (Wildman–Crippen MR) is 110 cm³/mol. The lowest BCUT2D eigenvalue weighted by molar-refractivity contribution is 0.475. The molecule has 0 aliphatic heterocycles. The lowest BCUT2D eigenvalue weighted by atomic mass is 10.1. The molecule has 0 spiro atoms. The summed E-state index contributed by atoms with van der Waals surface area (Å²) in [6.07, 6.45) is 0. The Morgan fingerprint density at radius 1 is 1.11 bits per heavy atom. The van der Waals surface area contributed by atoms with Crippen molar-refractivity contribution in [3.63, 3.8) is 0 Å². The number of nitrogens with one attached hydrogen (secondary N) is 2. The quantitative estimate of drug-likeness (QED) is 0.536. The number of aliphatic imine (C=N–C) groups is 1. The summed E-state index contributed by atoms with van der Waals surface area (Å²) in [7, 11) is -1.35. The fourth-order valence-corrected chi connectivity index (χ4v) is 3.09. The van der Waals surface area contributed by atoms with Gasteiger partial charge >= 0.3 is 0 Å². The highest BCUT2D eigenvalue weighted by molar-refractivity contribution is 7.91. The molecular formula is C20H27N3O3S. The van der Waals surface area contributed by atoms with Crippen molar-refractivity contribution in [2.45, 2.75) is 20.4 Å². The van der Waals surface area contributed by atoms with E-state index in [0.717, 1.165) is 22.6 Å². The first-order valence-electron chi connectivity index (χ1n) is 8.91. The van der Waals surface area contributed by atoms with E-state index < -0.39 is 9.84 Å². The second-order valence-electron chi connectivity index (χ2n) is 6.12. The monoisotopic (exact) mass is 389 g/mol. The molecule has 0 aliphatic rings. The summed E-state index contributed by atoms with van der Waals surface area (Å²) < 4.78 is 29.2. The fraction of sp³-hybridized carbons (Fsp3) is 0.350. The van der Waals surface area contributed by atoms with Crippen LogP contribution in [0.15, 0.2) is 53.5 Å². The van der Waals surface area contributed by atoms with Crippen LogP contribution in [0, 0.1) is 6.92 Å². The van der Waals surface area contributed by atoms with Crippen LogP contribution in [0.5, 0.6) is 11.5 Å². The van der Waals surface area contributed by atoms with E-state index in [1.807, 2.05) is 55.5 Å². The van der Waals surface area contributed by atoms with Gasteiger partial charge in [-0.1, -0.05) is 37.3 Å². The summed E-state index contributed by atoms with van der Waals surface area (Å²) in [5.74, 6) is 2.32. The van der Waals surface area contributed by atoms with E-state index in [1.54, 1.807) is 14.0 Å². The Labute approximate surface area is 161 Å². The summed E-state index contributed by atoms with van der Waals surface area (Å²) in [6.45, 7) is 4.48. The van der Waals surface area contributed by atoms with Gasteiger partial charge in [0.15, 0.2) is 15.8 Å². The van der Waals surface area contributed by atoms with Gasteiger partial charge < -0.3 is 15.4 Å². The highest BCUT2D eigenvalue weighted by atomic mass is 32.2. The normalized spacial score (nSPS) is 11.9. The molecule has 0 bridgehead atoms. The van der Waals surface area contributed by atoms with E-state index >= 15 is 0 Å². The number of guanidine groups is 1. The number of nitrogens with zero attached hydrogens (tertiary/aromatic N) is 1. The molecule has 2 aromatic carbocycles. The van der Waals surface area contributed by atoms with E-state index in [-0.39, 0.29) is 11.5 Å². The first-order valence-corrected chi connectivity index (χ1v) is 10.7. The van der Waals surface area contributed by atoms with Gasteiger partial charge in [-0.05, 0) is 30.7 Å². The van der Waals surface area contributed by atoms with Gasteiger partial charge in [0.1, 0.15) is 11.5 Å². The highest BCUT2D eigenvalue weighted by Gasteiger charge is 2.09.